The molecule has 0 radical (unpaired) electrons. The average Bonchev–Trinajstić information content (AvgIpc) is 2.72. The van der Waals surface area contributed by atoms with Gasteiger partial charge in [0, 0.05) is 30.7 Å². The van der Waals surface area contributed by atoms with Crippen LogP contribution in [-0.4, -0.2) is 62.9 Å². The summed E-state index contributed by atoms with van der Waals surface area (Å²) in [4.78, 5) is 14.1. The molecule has 1 N–H and O–H groups in total. The predicted molar refractivity (Wildman–Crippen MR) is 115 cm³/mol. The largest absolute Gasteiger partial charge is 0.466 e. The number of hydrogen-bond acceptors (Lipinski definition) is 5. The summed E-state index contributed by atoms with van der Waals surface area (Å²) in [5.74, 6) is -0.467. The van der Waals surface area contributed by atoms with Gasteiger partial charge in [-0.15, -0.1) is 0 Å². The number of ether oxygens (including phenoxy) is 1. The molecule has 164 valence electrons. The Morgan fingerprint density at radius 2 is 1.86 bits per heavy atom. The van der Waals surface area contributed by atoms with E-state index in [1.807, 2.05) is 38.1 Å². The zero-order chi connectivity index (χ0) is 21.4. The Hall–Kier alpha value is -1.19. The average molecular weight is 446 g/mol. The third-order valence-corrected chi connectivity index (χ3v) is 7.31. The summed E-state index contributed by atoms with van der Waals surface area (Å²) >= 11 is 6.39. The second-order valence-corrected chi connectivity index (χ2v) is 9.20. The molecule has 1 aliphatic rings. The molecule has 1 fully saturated rings. The van der Waals surface area contributed by atoms with Crippen LogP contribution in [0.25, 0.3) is 0 Å². The van der Waals surface area contributed by atoms with Gasteiger partial charge in [0.15, 0.2) is 0 Å². The van der Waals surface area contributed by atoms with E-state index in [4.69, 9.17) is 16.3 Å². The molecule has 9 heteroatoms. The zero-order valence-electron chi connectivity index (χ0n) is 17.4. The van der Waals surface area contributed by atoms with Crippen LogP contribution in [0.5, 0.6) is 0 Å². The van der Waals surface area contributed by atoms with Crippen molar-refractivity contribution in [2.75, 3.05) is 39.3 Å². The van der Waals surface area contributed by atoms with Crippen molar-refractivity contribution >= 4 is 27.8 Å². The molecule has 1 aromatic rings. The molecule has 0 amide bonds. The third-order valence-electron chi connectivity index (χ3n) is 5.39. The molecular weight excluding hydrogens is 414 g/mol. The van der Waals surface area contributed by atoms with Gasteiger partial charge in [0.25, 0.3) is 10.2 Å². The molecule has 2 rings (SSSR count). The smallest absolute Gasteiger partial charge is 0.309 e. The van der Waals surface area contributed by atoms with Gasteiger partial charge in [-0.05, 0) is 44.5 Å². The summed E-state index contributed by atoms with van der Waals surface area (Å²) in [5.41, 5.74) is 0.904. The molecule has 0 aliphatic carbocycles. The van der Waals surface area contributed by atoms with Crippen LogP contribution < -0.4 is 4.72 Å². The molecule has 7 nitrogen and oxygen atoms in total. The molecule has 1 saturated heterocycles. The molecule has 29 heavy (non-hydrogen) atoms. The number of nitrogens with one attached hydrogen (secondary N) is 1. The highest BCUT2D eigenvalue weighted by atomic mass is 35.5. The van der Waals surface area contributed by atoms with E-state index in [0.717, 1.165) is 18.7 Å². The van der Waals surface area contributed by atoms with Crippen LogP contribution in [0.3, 0.4) is 0 Å². The molecule has 0 bridgehead atoms. The minimum Gasteiger partial charge on any atom is -0.466 e. The van der Waals surface area contributed by atoms with Crippen molar-refractivity contribution in [2.45, 2.75) is 39.7 Å². The first-order chi connectivity index (χ1) is 13.8. The highest BCUT2D eigenvalue weighted by Crippen LogP contribution is 2.27. The molecule has 0 spiro atoms. The van der Waals surface area contributed by atoms with Crippen molar-refractivity contribution in [3.63, 3.8) is 0 Å². The van der Waals surface area contributed by atoms with Gasteiger partial charge >= 0.3 is 5.97 Å². The van der Waals surface area contributed by atoms with Crippen LogP contribution in [0, 0.1) is 5.92 Å². The number of nitrogens with zero attached hydrogens (tertiary/aromatic N) is 2. The number of benzene rings is 1. The minimum atomic E-state index is -3.65. The standard InChI is InChI=1S/C20H32ClN3O4S/c1-4-23(5-2)19(17-9-7-8-10-18(17)21)15-22-29(26,27)24-13-11-16(12-14-24)20(25)28-6-3/h7-10,16,19,22H,4-6,11-15H2,1-3H3. The van der Waals surface area contributed by atoms with E-state index < -0.39 is 10.2 Å². The van der Waals surface area contributed by atoms with Crippen molar-refractivity contribution in [3.05, 3.63) is 34.9 Å². The lowest BCUT2D eigenvalue weighted by atomic mass is 9.98. The van der Waals surface area contributed by atoms with Crippen LogP contribution in [0.15, 0.2) is 24.3 Å². The van der Waals surface area contributed by atoms with Crippen molar-refractivity contribution in [2.24, 2.45) is 5.92 Å². The Morgan fingerprint density at radius 1 is 1.24 bits per heavy atom. The van der Waals surface area contributed by atoms with Gasteiger partial charge in [0.2, 0.25) is 0 Å². The minimum absolute atomic E-state index is 0.162. The van der Waals surface area contributed by atoms with Gasteiger partial charge in [-0.3, -0.25) is 9.69 Å². The maximum Gasteiger partial charge on any atom is 0.309 e. The van der Waals surface area contributed by atoms with Gasteiger partial charge in [0.05, 0.1) is 12.5 Å². The molecule has 0 saturated carbocycles. The summed E-state index contributed by atoms with van der Waals surface area (Å²) in [6.07, 6.45) is 0.952. The Morgan fingerprint density at radius 3 is 2.41 bits per heavy atom. The molecule has 1 atom stereocenters. The Balaban J connectivity index is 2.05. The van der Waals surface area contributed by atoms with Crippen molar-refractivity contribution in [1.29, 1.82) is 0 Å². The molecule has 1 unspecified atom stereocenters. The second kappa shape index (κ2) is 11.3. The van der Waals surface area contributed by atoms with Gasteiger partial charge in [-0.1, -0.05) is 43.6 Å². The Bertz CT molecular complexity index is 763. The fraction of sp³-hybridized carbons (Fsp3) is 0.650. The van der Waals surface area contributed by atoms with Crippen LogP contribution in [0.4, 0.5) is 0 Å². The number of hydrogen-bond donors (Lipinski definition) is 1. The number of rotatable bonds is 10. The number of likely N-dealkylation sites (N-methyl/N-ethyl adjacent to an activating group) is 1. The third kappa shape index (κ3) is 6.39. The van der Waals surface area contributed by atoms with E-state index in [1.165, 1.54) is 4.31 Å². The van der Waals surface area contributed by atoms with E-state index in [1.54, 1.807) is 6.92 Å². The van der Waals surface area contributed by atoms with Crippen LogP contribution in [-0.2, 0) is 19.7 Å². The SMILES string of the molecule is CCOC(=O)C1CCN(S(=O)(=O)NCC(c2ccccc2Cl)N(CC)CC)CC1. The van der Waals surface area contributed by atoms with E-state index in [-0.39, 0.29) is 24.5 Å². The number of esters is 1. The van der Waals surface area contributed by atoms with Gasteiger partial charge in [-0.25, -0.2) is 4.72 Å². The summed E-state index contributed by atoms with van der Waals surface area (Å²) in [7, 11) is -3.65. The topological polar surface area (TPSA) is 78.9 Å². The van der Waals surface area contributed by atoms with E-state index in [0.29, 0.717) is 37.6 Å². The molecule has 0 aromatic heterocycles. The lowest BCUT2D eigenvalue weighted by Gasteiger charge is -2.33. The van der Waals surface area contributed by atoms with Crippen LogP contribution in [0.1, 0.15) is 45.2 Å². The summed E-state index contributed by atoms with van der Waals surface area (Å²) in [6.45, 7) is 8.59. The lowest BCUT2D eigenvalue weighted by molar-refractivity contribution is -0.149. The summed E-state index contributed by atoms with van der Waals surface area (Å²) < 4.78 is 34.9. The lowest BCUT2D eigenvalue weighted by Crippen LogP contribution is -2.48. The van der Waals surface area contributed by atoms with Gasteiger partial charge < -0.3 is 4.74 Å². The van der Waals surface area contributed by atoms with Crippen molar-refractivity contribution < 1.29 is 17.9 Å². The number of halogens is 1. The molecule has 1 aliphatic heterocycles. The Kier molecular flexibility index (Phi) is 9.36. The quantitative estimate of drug-likeness (QED) is 0.560. The number of carbonyl (C=O) groups is 1. The van der Waals surface area contributed by atoms with Crippen LogP contribution >= 0.6 is 11.6 Å². The monoisotopic (exact) mass is 445 g/mol. The summed E-state index contributed by atoms with van der Waals surface area (Å²) in [5, 5.41) is 0.624. The highest BCUT2D eigenvalue weighted by Gasteiger charge is 2.32. The van der Waals surface area contributed by atoms with Gasteiger partial charge in [-0.2, -0.15) is 12.7 Å². The maximum absolute atomic E-state index is 12.9. The molecule has 1 heterocycles. The van der Waals surface area contributed by atoms with Crippen molar-refractivity contribution in [1.82, 2.24) is 13.9 Å². The predicted octanol–water partition coefficient (Wildman–Crippen LogP) is 2.83. The number of carbonyl (C=O) groups excluding carboxylic acids is 1. The first kappa shape index (κ1) is 24.1. The van der Waals surface area contributed by atoms with E-state index in [9.17, 15) is 13.2 Å². The zero-order valence-corrected chi connectivity index (χ0v) is 19.0. The second-order valence-electron chi connectivity index (χ2n) is 7.04. The van der Waals surface area contributed by atoms with E-state index >= 15 is 0 Å². The molecule has 1 aromatic carbocycles. The van der Waals surface area contributed by atoms with E-state index in [2.05, 4.69) is 9.62 Å². The molecular formula is C20H32ClN3O4S. The number of piperidine rings is 1. The first-order valence-corrected chi connectivity index (χ1v) is 12.1. The maximum atomic E-state index is 12.9. The normalized spacial score (nSPS) is 17.4. The fourth-order valence-electron chi connectivity index (χ4n) is 3.71. The fourth-order valence-corrected chi connectivity index (χ4v) is 5.22. The van der Waals surface area contributed by atoms with Crippen LogP contribution in [0.2, 0.25) is 5.02 Å². The Labute approximate surface area is 179 Å². The summed E-state index contributed by atoms with van der Waals surface area (Å²) in [6, 6.07) is 7.37. The van der Waals surface area contributed by atoms with Crippen molar-refractivity contribution in [3.8, 4) is 0 Å². The first-order valence-electron chi connectivity index (χ1n) is 10.2. The highest BCUT2D eigenvalue weighted by molar-refractivity contribution is 7.87. The van der Waals surface area contributed by atoms with Gasteiger partial charge in [0.1, 0.15) is 0 Å².